The molecule has 2 fully saturated rings. The Labute approximate surface area is 105 Å². The van der Waals surface area contributed by atoms with Crippen LogP contribution < -0.4 is 5.73 Å². The molecule has 0 aliphatic heterocycles. The van der Waals surface area contributed by atoms with Gasteiger partial charge in [-0.05, 0) is 38.0 Å². The summed E-state index contributed by atoms with van der Waals surface area (Å²) in [5.41, 5.74) is 5.66. The molecule has 0 atom stereocenters. The molecular weight excluding hydrogens is 212 g/mol. The summed E-state index contributed by atoms with van der Waals surface area (Å²) in [4.78, 5) is 14.8. The molecule has 1 amide bonds. The molecule has 3 nitrogen and oxygen atoms in total. The van der Waals surface area contributed by atoms with Crippen LogP contribution >= 0.6 is 0 Å². The van der Waals surface area contributed by atoms with Crippen molar-refractivity contribution < 1.29 is 4.79 Å². The molecule has 0 spiro atoms. The van der Waals surface area contributed by atoms with E-state index in [0.717, 1.165) is 25.8 Å². The lowest BCUT2D eigenvalue weighted by Crippen LogP contribution is -2.53. The van der Waals surface area contributed by atoms with Crippen LogP contribution in [0.25, 0.3) is 0 Å². The molecule has 0 heterocycles. The van der Waals surface area contributed by atoms with Crippen molar-refractivity contribution >= 4 is 5.91 Å². The summed E-state index contributed by atoms with van der Waals surface area (Å²) in [5, 5.41) is 0. The first-order valence-corrected chi connectivity index (χ1v) is 7.10. The first-order chi connectivity index (χ1) is 8.09. The number of rotatable bonds is 6. The monoisotopic (exact) mass is 238 g/mol. The maximum Gasteiger partial charge on any atom is 0.230 e. The summed E-state index contributed by atoms with van der Waals surface area (Å²) in [6, 6.07) is 0.533. The highest BCUT2D eigenvalue weighted by atomic mass is 16.2. The van der Waals surface area contributed by atoms with Crippen LogP contribution in [0.5, 0.6) is 0 Å². The summed E-state index contributed by atoms with van der Waals surface area (Å²) in [6.45, 7) is 5.91. The van der Waals surface area contributed by atoms with Gasteiger partial charge in [0.1, 0.15) is 0 Å². The third-order valence-electron chi connectivity index (χ3n) is 4.35. The van der Waals surface area contributed by atoms with Crippen LogP contribution in [0.15, 0.2) is 0 Å². The van der Waals surface area contributed by atoms with E-state index in [-0.39, 0.29) is 5.41 Å². The molecule has 17 heavy (non-hydrogen) atoms. The van der Waals surface area contributed by atoms with Gasteiger partial charge in [-0.15, -0.1) is 0 Å². The van der Waals surface area contributed by atoms with Crippen LogP contribution in [0.1, 0.15) is 52.4 Å². The van der Waals surface area contributed by atoms with Crippen molar-refractivity contribution in [2.45, 2.75) is 58.4 Å². The van der Waals surface area contributed by atoms with E-state index in [1.807, 2.05) is 0 Å². The Morgan fingerprint density at radius 1 is 1.41 bits per heavy atom. The second-order valence-electron chi connectivity index (χ2n) is 6.25. The molecule has 0 aromatic rings. The lowest BCUT2D eigenvalue weighted by atomic mass is 9.67. The minimum absolute atomic E-state index is 0.181. The topological polar surface area (TPSA) is 46.3 Å². The summed E-state index contributed by atoms with van der Waals surface area (Å²) in [6.07, 6.45) is 6.70. The first kappa shape index (κ1) is 12.9. The minimum atomic E-state index is -0.181. The maximum atomic E-state index is 12.6. The van der Waals surface area contributed by atoms with Crippen molar-refractivity contribution in [3.05, 3.63) is 0 Å². The van der Waals surface area contributed by atoms with Crippen molar-refractivity contribution in [3.63, 3.8) is 0 Å². The standard InChI is InChI=1S/C14H26N2O/c1-11(2)6-9-16(12-4-5-12)13(17)14(10-15)7-3-8-14/h11-12H,3-10,15H2,1-2H3. The number of nitrogens with two attached hydrogens (primary N) is 1. The van der Waals surface area contributed by atoms with Crippen LogP contribution in [0, 0.1) is 11.3 Å². The zero-order valence-corrected chi connectivity index (χ0v) is 11.2. The highest BCUT2D eigenvalue weighted by molar-refractivity contribution is 5.84. The number of hydrogen-bond donors (Lipinski definition) is 1. The normalized spacial score (nSPS) is 22.4. The van der Waals surface area contributed by atoms with E-state index in [0.29, 0.717) is 24.4 Å². The first-order valence-electron chi connectivity index (χ1n) is 7.10. The van der Waals surface area contributed by atoms with E-state index in [2.05, 4.69) is 18.7 Å². The molecule has 0 radical (unpaired) electrons. The number of nitrogens with zero attached hydrogens (tertiary/aromatic N) is 1. The third kappa shape index (κ3) is 2.65. The number of amides is 1. The summed E-state index contributed by atoms with van der Waals surface area (Å²) in [5.74, 6) is 1.02. The van der Waals surface area contributed by atoms with Crippen molar-refractivity contribution in [2.24, 2.45) is 17.1 Å². The predicted octanol–water partition coefficient (Wildman–Crippen LogP) is 2.15. The van der Waals surface area contributed by atoms with Gasteiger partial charge in [0.25, 0.3) is 0 Å². The van der Waals surface area contributed by atoms with E-state index in [9.17, 15) is 4.79 Å². The molecule has 0 bridgehead atoms. The van der Waals surface area contributed by atoms with Gasteiger partial charge in [0.05, 0.1) is 5.41 Å². The van der Waals surface area contributed by atoms with Gasteiger partial charge in [0.2, 0.25) is 5.91 Å². The van der Waals surface area contributed by atoms with Crippen LogP contribution in [0.2, 0.25) is 0 Å². The number of carbonyl (C=O) groups excluding carboxylic acids is 1. The molecule has 2 rings (SSSR count). The van der Waals surface area contributed by atoms with Gasteiger partial charge in [0.15, 0.2) is 0 Å². The third-order valence-corrected chi connectivity index (χ3v) is 4.35. The van der Waals surface area contributed by atoms with E-state index >= 15 is 0 Å². The molecular formula is C14H26N2O. The Morgan fingerprint density at radius 2 is 2.06 bits per heavy atom. The zero-order valence-electron chi connectivity index (χ0n) is 11.2. The van der Waals surface area contributed by atoms with Crippen molar-refractivity contribution in [2.75, 3.05) is 13.1 Å². The van der Waals surface area contributed by atoms with Crippen molar-refractivity contribution in [3.8, 4) is 0 Å². The lowest BCUT2D eigenvalue weighted by molar-refractivity contribution is -0.147. The fourth-order valence-electron chi connectivity index (χ4n) is 2.65. The highest BCUT2D eigenvalue weighted by Gasteiger charge is 2.47. The number of carbonyl (C=O) groups is 1. The van der Waals surface area contributed by atoms with Gasteiger partial charge in [-0.1, -0.05) is 20.3 Å². The second kappa shape index (κ2) is 4.97. The lowest BCUT2D eigenvalue weighted by Gasteiger charge is -2.43. The molecule has 2 aliphatic carbocycles. The fourth-order valence-corrected chi connectivity index (χ4v) is 2.65. The quantitative estimate of drug-likeness (QED) is 0.770. The summed E-state index contributed by atoms with van der Waals surface area (Å²) < 4.78 is 0. The zero-order chi connectivity index (χ0) is 12.5. The molecule has 0 saturated heterocycles. The van der Waals surface area contributed by atoms with Crippen LogP contribution in [0.4, 0.5) is 0 Å². The molecule has 0 aromatic heterocycles. The van der Waals surface area contributed by atoms with Gasteiger partial charge in [-0.2, -0.15) is 0 Å². The maximum absolute atomic E-state index is 12.6. The molecule has 0 unspecified atom stereocenters. The Morgan fingerprint density at radius 3 is 2.41 bits per heavy atom. The summed E-state index contributed by atoms with van der Waals surface area (Å²) >= 11 is 0. The van der Waals surface area contributed by atoms with Crippen molar-refractivity contribution in [1.29, 1.82) is 0 Å². The van der Waals surface area contributed by atoms with Gasteiger partial charge >= 0.3 is 0 Å². The molecule has 3 heteroatoms. The minimum Gasteiger partial charge on any atom is -0.339 e. The molecule has 0 aromatic carbocycles. The van der Waals surface area contributed by atoms with E-state index < -0.39 is 0 Å². The molecule has 2 saturated carbocycles. The SMILES string of the molecule is CC(C)CCN(C(=O)C1(CN)CCC1)C1CC1. The number of hydrogen-bond acceptors (Lipinski definition) is 2. The Kier molecular flexibility index (Phi) is 3.76. The fraction of sp³-hybridized carbons (Fsp3) is 0.929. The Balaban J connectivity index is 1.97. The molecule has 2 aliphatic rings. The predicted molar refractivity (Wildman–Crippen MR) is 69.5 cm³/mol. The average Bonchev–Trinajstić information content (AvgIpc) is 3.01. The highest BCUT2D eigenvalue weighted by Crippen LogP contribution is 2.43. The largest absolute Gasteiger partial charge is 0.339 e. The summed E-state index contributed by atoms with van der Waals surface area (Å²) in [7, 11) is 0. The Bertz CT molecular complexity index is 274. The van der Waals surface area contributed by atoms with Gasteiger partial charge < -0.3 is 10.6 Å². The van der Waals surface area contributed by atoms with Gasteiger partial charge in [-0.3, -0.25) is 4.79 Å². The second-order valence-corrected chi connectivity index (χ2v) is 6.25. The molecule has 2 N–H and O–H groups in total. The molecule has 98 valence electrons. The van der Waals surface area contributed by atoms with E-state index in [4.69, 9.17) is 5.73 Å². The van der Waals surface area contributed by atoms with Crippen LogP contribution in [0.3, 0.4) is 0 Å². The van der Waals surface area contributed by atoms with Crippen LogP contribution in [-0.4, -0.2) is 29.9 Å². The van der Waals surface area contributed by atoms with Gasteiger partial charge in [0, 0.05) is 19.1 Å². The van der Waals surface area contributed by atoms with Gasteiger partial charge in [-0.25, -0.2) is 0 Å². The average molecular weight is 238 g/mol. The van der Waals surface area contributed by atoms with Crippen molar-refractivity contribution in [1.82, 2.24) is 4.90 Å². The smallest absolute Gasteiger partial charge is 0.230 e. The van der Waals surface area contributed by atoms with Crippen LogP contribution in [-0.2, 0) is 4.79 Å². The van der Waals surface area contributed by atoms with E-state index in [1.165, 1.54) is 19.3 Å². The Hall–Kier alpha value is -0.570. The van der Waals surface area contributed by atoms with E-state index in [1.54, 1.807) is 0 Å².